The Bertz CT molecular complexity index is 407. The van der Waals surface area contributed by atoms with E-state index in [1.165, 1.54) is 6.07 Å². The van der Waals surface area contributed by atoms with Gasteiger partial charge in [0, 0.05) is 7.05 Å². The van der Waals surface area contributed by atoms with Gasteiger partial charge in [0.1, 0.15) is 11.5 Å². The number of rotatable bonds is 3. The van der Waals surface area contributed by atoms with Crippen molar-refractivity contribution >= 4 is 41.3 Å². The molecule has 2 rings (SSSR count). The molecule has 0 unspecified atom stereocenters. The first-order valence-electron chi connectivity index (χ1n) is 4.87. The van der Waals surface area contributed by atoms with E-state index in [1.807, 2.05) is 0 Å². The van der Waals surface area contributed by atoms with Gasteiger partial charge in [-0.2, -0.15) is 0 Å². The zero-order chi connectivity index (χ0) is 11.5. The minimum atomic E-state index is -1.04. The van der Waals surface area contributed by atoms with Crippen LogP contribution in [-0.4, -0.2) is 65.9 Å². The second-order valence-corrected chi connectivity index (χ2v) is 3.26. The second-order valence-electron chi connectivity index (χ2n) is 3.26. The van der Waals surface area contributed by atoms with E-state index in [0.717, 1.165) is 0 Å². The summed E-state index contributed by atoms with van der Waals surface area (Å²) < 4.78 is 10.5. The maximum absolute atomic E-state index is 11.0. The van der Waals surface area contributed by atoms with Gasteiger partial charge < -0.3 is 19.9 Å². The molecule has 2 N–H and O–H groups in total. The minimum absolute atomic E-state index is 0. The molecule has 0 radical (unpaired) electrons. The molecular weight excluding hydrogens is 235 g/mol. The molecule has 7 heteroatoms. The average Bonchev–Trinajstić information content (AvgIpc) is 2.81. The monoisotopic (exact) mass is 248 g/mol. The van der Waals surface area contributed by atoms with Crippen molar-refractivity contribution in [3.63, 3.8) is 0 Å². The number of nitrogens with one attached hydrogen (secondary N) is 1. The van der Waals surface area contributed by atoms with Crippen molar-refractivity contribution in [3.8, 4) is 0 Å². The van der Waals surface area contributed by atoms with Crippen molar-refractivity contribution in [1.82, 2.24) is 4.98 Å². The van der Waals surface area contributed by atoms with Gasteiger partial charge >= 0.3 is 35.5 Å². The number of carbonyl (C=O) groups is 1. The summed E-state index contributed by atoms with van der Waals surface area (Å²) in [6, 6.07) is 3.09. The molecule has 1 aliphatic heterocycles. The fraction of sp³-hybridized carbons (Fsp3) is 0.400. The Morgan fingerprint density at radius 3 is 2.65 bits per heavy atom. The maximum atomic E-state index is 11.0. The van der Waals surface area contributed by atoms with Crippen LogP contribution in [-0.2, 0) is 9.47 Å². The molecule has 0 bridgehead atoms. The summed E-state index contributed by atoms with van der Waals surface area (Å²) in [6.45, 7) is 0.907. The van der Waals surface area contributed by atoms with Gasteiger partial charge in [0.2, 0.25) is 6.29 Å². The van der Waals surface area contributed by atoms with Crippen LogP contribution in [0.4, 0.5) is 5.82 Å². The summed E-state index contributed by atoms with van der Waals surface area (Å²) in [4.78, 5) is 15.2. The third-order valence-electron chi connectivity index (χ3n) is 2.26. The van der Waals surface area contributed by atoms with E-state index in [4.69, 9.17) is 14.6 Å². The first-order chi connectivity index (χ1) is 7.72. The van der Waals surface area contributed by atoms with Gasteiger partial charge in [-0.15, -0.1) is 0 Å². The van der Waals surface area contributed by atoms with Gasteiger partial charge in [-0.1, -0.05) is 0 Å². The SMILES string of the molecule is CNc1ccc(C(=O)O)c(C2OCCO2)n1.[NaH]. The van der Waals surface area contributed by atoms with Crippen molar-refractivity contribution in [2.24, 2.45) is 0 Å². The van der Waals surface area contributed by atoms with Crippen molar-refractivity contribution < 1.29 is 19.4 Å². The van der Waals surface area contributed by atoms with Gasteiger partial charge in [-0.25, -0.2) is 9.78 Å². The zero-order valence-electron chi connectivity index (χ0n) is 8.77. The first-order valence-corrected chi connectivity index (χ1v) is 4.87. The molecule has 6 nitrogen and oxygen atoms in total. The zero-order valence-corrected chi connectivity index (χ0v) is 8.77. The quantitative estimate of drug-likeness (QED) is 0.745. The fourth-order valence-electron chi connectivity index (χ4n) is 1.49. The third-order valence-corrected chi connectivity index (χ3v) is 2.26. The van der Waals surface area contributed by atoms with E-state index in [9.17, 15) is 4.79 Å². The Morgan fingerprint density at radius 1 is 1.47 bits per heavy atom. The van der Waals surface area contributed by atoms with Crippen LogP contribution in [0.3, 0.4) is 0 Å². The number of aromatic nitrogens is 1. The molecule has 0 aliphatic carbocycles. The van der Waals surface area contributed by atoms with E-state index < -0.39 is 12.3 Å². The first kappa shape index (κ1) is 14.4. The van der Waals surface area contributed by atoms with E-state index in [1.54, 1.807) is 13.1 Å². The summed E-state index contributed by atoms with van der Waals surface area (Å²) >= 11 is 0. The Kier molecular flexibility index (Phi) is 5.35. The molecule has 88 valence electrons. The third kappa shape index (κ3) is 3.17. The number of ether oxygens (including phenoxy) is 2. The van der Waals surface area contributed by atoms with Gasteiger partial charge in [0.25, 0.3) is 0 Å². The molecule has 1 saturated heterocycles. The number of pyridine rings is 1. The number of hydrogen-bond acceptors (Lipinski definition) is 5. The summed E-state index contributed by atoms with van der Waals surface area (Å²) in [6.07, 6.45) is -0.681. The Morgan fingerprint density at radius 2 is 2.12 bits per heavy atom. The predicted octanol–water partition coefficient (Wildman–Crippen LogP) is 0.218. The number of hydrogen-bond donors (Lipinski definition) is 2. The van der Waals surface area contributed by atoms with Gasteiger partial charge in [0.15, 0.2) is 0 Å². The predicted molar refractivity (Wildman–Crippen MR) is 62.5 cm³/mol. The van der Waals surface area contributed by atoms with Crippen LogP contribution < -0.4 is 5.32 Å². The van der Waals surface area contributed by atoms with Crippen molar-refractivity contribution in [2.75, 3.05) is 25.6 Å². The molecule has 0 amide bonds. The molecule has 17 heavy (non-hydrogen) atoms. The van der Waals surface area contributed by atoms with Gasteiger partial charge in [0.05, 0.1) is 18.8 Å². The van der Waals surface area contributed by atoms with Crippen LogP contribution in [0.5, 0.6) is 0 Å². The van der Waals surface area contributed by atoms with Crippen molar-refractivity contribution in [2.45, 2.75) is 6.29 Å². The summed E-state index contributed by atoms with van der Waals surface area (Å²) in [5.41, 5.74) is 0.405. The van der Waals surface area contributed by atoms with E-state index in [2.05, 4.69) is 10.3 Å². The van der Waals surface area contributed by atoms with Crippen LogP contribution in [0.25, 0.3) is 0 Å². The molecule has 1 aromatic rings. The molecule has 0 aromatic carbocycles. The molecule has 1 fully saturated rings. The topological polar surface area (TPSA) is 80.7 Å². The molecule has 1 aliphatic rings. The van der Waals surface area contributed by atoms with Crippen LogP contribution in [0, 0.1) is 0 Å². The Balaban J connectivity index is 0.00000144. The van der Waals surface area contributed by atoms with E-state index in [-0.39, 0.29) is 35.1 Å². The number of carboxylic acid groups (broad SMARTS) is 1. The molecule has 0 spiro atoms. The number of carboxylic acids is 1. The van der Waals surface area contributed by atoms with Crippen LogP contribution >= 0.6 is 0 Å². The average molecular weight is 248 g/mol. The van der Waals surface area contributed by atoms with Gasteiger partial charge in [-0.05, 0) is 12.1 Å². The van der Waals surface area contributed by atoms with E-state index in [0.29, 0.717) is 24.7 Å². The Labute approximate surface area is 121 Å². The molecule has 2 heterocycles. The normalized spacial score (nSPS) is 15.4. The molecule has 0 atom stereocenters. The molecule has 0 saturated carbocycles. The van der Waals surface area contributed by atoms with Gasteiger partial charge in [-0.3, -0.25) is 0 Å². The molecular formula is C10H13N2NaO4. The van der Waals surface area contributed by atoms with Crippen LogP contribution in [0.15, 0.2) is 12.1 Å². The second kappa shape index (κ2) is 6.32. The van der Waals surface area contributed by atoms with E-state index >= 15 is 0 Å². The van der Waals surface area contributed by atoms with Crippen molar-refractivity contribution in [3.05, 3.63) is 23.4 Å². The summed E-state index contributed by atoms with van der Waals surface area (Å²) in [7, 11) is 1.71. The number of aromatic carboxylic acids is 1. The van der Waals surface area contributed by atoms with Crippen LogP contribution in [0.2, 0.25) is 0 Å². The summed E-state index contributed by atoms with van der Waals surface area (Å²) in [5.74, 6) is -0.455. The number of anilines is 1. The summed E-state index contributed by atoms with van der Waals surface area (Å²) in [5, 5.41) is 11.9. The van der Waals surface area contributed by atoms with Crippen molar-refractivity contribution in [1.29, 1.82) is 0 Å². The van der Waals surface area contributed by atoms with Crippen LogP contribution in [0.1, 0.15) is 22.3 Å². The molecule has 1 aromatic heterocycles. The Hall–Kier alpha value is -0.660. The standard InChI is InChI=1S/C10H12N2O4.Na.H/c1-11-7-3-2-6(9(13)14)8(12-7)10-15-4-5-16-10;;/h2-3,10H,4-5H2,1H3,(H,11,12)(H,13,14);;. The fourth-order valence-corrected chi connectivity index (χ4v) is 1.49. The number of nitrogens with zero attached hydrogens (tertiary/aromatic N) is 1.